The first kappa shape index (κ1) is 23.3. The Morgan fingerprint density at radius 3 is 2.48 bits per heavy atom. The number of methoxy groups -OCH3 is 1. The Balaban J connectivity index is 1.14. The average molecular weight is 481 g/mol. The molecule has 4 fully saturated rings. The molecule has 184 valence electrons. The van der Waals surface area contributed by atoms with Crippen LogP contribution in [0.3, 0.4) is 0 Å². The van der Waals surface area contributed by atoms with E-state index in [1.165, 1.54) is 0 Å². The minimum absolute atomic E-state index is 0.0137. The van der Waals surface area contributed by atoms with Crippen LogP contribution in [0.5, 0.6) is 0 Å². The SMILES string of the molecule is COCCN1CCC(CS(=O)(=O)N2[C@@H]3CC[C@H]2CC(NC(=O)c2cc(C4CC4)on2)C3)CC1. The topological polar surface area (TPSA) is 105 Å². The third kappa shape index (κ3) is 5.28. The van der Waals surface area contributed by atoms with Gasteiger partial charge in [0.05, 0.1) is 12.4 Å². The molecule has 1 aromatic heterocycles. The molecule has 1 unspecified atom stereocenters. The second-order valence-electron chi connectivity index (χ2n) is 10.3. The lowest BCUT2D eigenvalue weighted by Crippen LogP contribution is -2.53. The number of carbonyl (C=O) groups excluding carboxylic acids is 1. The van der Waals surface area contributed by atoms with Gasteiger partial charge in [-0.15, -0.1) is 0 Å². The Kier molecular flexibility index (Phi) is 6.79. The highest BCUT2D eigenvalue weighted by molar-refractivity contribution is 7.89. The first-order chi connectivity index (χ1) is 15.9. The molecule has 1 saturated carbocycles. The lowest BCUT2D eigenvalue weighted by molar-refractivity contribution is 0.0899. The minimum atomic E-state index is -3.31. The number of rotatable bonds is 9. The van der Waals surface area contributed by atoms with E-state index in [1.807, 2.05) is 0 Å². The Labute approximate surface area is 196 Å². The number of aromatic nitrogens is 1. The summed E-state index contributed by atoms with van der Waals surface area (Å²) in [4.78, 5) is 15.0. The van der Waals surface area contributed by atoms with E-state index in [2.05, 4.69) is 15.4 Å². The van der Waals surface area contributed by atoms with E-state index in [4.69, 9.17) is 9.26 Å². The quantitative estimate of drug-likeness (QED) is 0.576. The van der Waals surface area contributed by atoms with Gasteiger partial charge < -0.3 is 19.5 Å². The molecule has 0 spiro atoms. The average Bonchev–Trinajstić information content (AvgIpc) is 3.44. The third-order valence-electron chi connectivity index (χ3n) is 7.83. The number of hydrogen-bond acceptors (Lipinski definition) is 7. The largest absolute Gasteiger partial charge is 0.383 e. The van der Waals surface area contributed by atoms with E-state index < -0.39 is 10.0 Å². The number of nitrogens with zero attached hydrogens (tertiary/aromatic N) is 3. The number of piperidine rings is 2. The molecule has 1 N–H and O–H groups in total. The van der Waals surface area contributed by atoms with E-state index in [1.54, 1.807) is 17.5 Å². The van der Waals surface area contributed by atoms with Gasteiger partial charge in [-0.25, -0.2) is 8.42 Å². The summed E-state index contributed by atoms with van der Waals surface area (Å²) in [6.45, 7) is 3.51. The zero-order valence-electron chi connectivity index (χ0n) is 19.4. The lowest BCUT2D eigenvalue weighted by atomic mass is 9.99. The number of amides is 1. The van der Waals surface area contributed by atoms with Crippen LogP contribution in [-0.2, 0) is 14.8 Å². The summed E-state index contributed by atoms with van der Waals surface area (Å²) in [5.41, 5.74) is 0.330. The molecule has 1 aromatic rings. The molecule has 1 amide bonds. The monoisotopic (exact) mass is 480 g/mol. The highest BCUT2D eigenvalue weighted by Gasteiger charge is 2.47. The summed E-state index contributed by atoms with van der Waals surface area (Å²) < 4.78 is 39.0. The van der Waals surface area contributed by atoms with Crippen molar-refractivity contribution in [1.82, 2.24) is 19.7 Å². The molecule has 10 heteroatoms. The summed E-state index contributed by atoms with van der Waals surface area (Å²) in [5, 5.41) is 7.02. The first-order valence-electron chi connectivity index (χ1n) is 12.4. The molecule has 0 radical (unpaired) electrons. The fourth-order valence-corrected chi connectivity index (χ4v) is 8.30. The maximum Gasteiger partial charge on any atom is 0.273 e. The summed E-state index contributed by atoms with van der Waals surface area (Å²) >= 11 is 0. The highest BCUT2D eigenvalue weighted by atomic mass is 32.2. The van der Waals surface area contributed by atoms with Crippen molar-refractivity contribution in [2.24, 2.45) is 5.92 Å². The van der Waals surface area contributed by atoms with Crippen molar-refractivity contribution in [3.05, 3.63) is 17.5 Å². The third-order valence-corrected chi connectivity index (χ3v) is 9.96. The van der Waals surface area contributed by atoms with Crippen LogP contribution in [0.2, 0.25) is 0 Å². The van der Waals surface area contributed by atoms with Crippen molar-refractivity contribution in [2.45, 2.75) is 75.4 Å². The van der Waals surface area contributed by atoms with Crippen LogP contribution in [0.1, 0.15) is 73.5 Å². The minimum Gasteiger partial charge on any atom is -0.383 e. The summed E-state index contributed by atoms with van der Waals surface area (Å²) in [6, 6.07) is 1.70. The van der Waals surface area contributed by atoms with Gasteiger partial charge in [0.2, 0.25) is 10.0 Å². The number of nitrogens with one attached hydrogen (secondary N) is 1. The zero-order valence-corrected chi connectivity index (χ0v) is 20.3. The highest BCUT2D eigenvalue weighted by Crippen LogP contribution is 2.41. The number of likely N-dealkylation sites (tertiary alicyclic amines) is 1. The lowest BCUT2D eigenvalue weighted by Gasteiger charge is -2.39. The van der Waals surface area contributed by atoms with Gasteiger partial charge in [0.1, 0.15) is 5.76 Å². The maximum absolute atomic E-state index is 13.4. The molecule has 4 heterocycles. The fraction of sp³-hybridized carbons (Fsp3) is 0.826. The smallest absolute Gasteiger partial charge is 0.273 e. The van der Waals surface area contributed by atoms with Crippen LogP contribution >= 0.6 is 0 Å². The van der Waals surface area contributed by atoms with Crippen LogP contribution in [0.25, 0.3) is 0 Å². The Morgan fingerprint density at radius 2 is 1.85 bits per heavy atom. The van der Waals surface area contributed by atoms with Crippen LogP contribution in [-0.4, -0.2) is 85.9 Å². The number of fused-ring (bicyclic) bond motifs is 2. The number of carbonyl (C=O) groups is 1. The molecule has 2 bridgehead atoms. The summed E-state index contributed by atoms with van der Waals surface area (Å²) in [7, 11) is -1.60. The van der Waals surface area contributed by atoms with Gasteiger partial charge in [-0.3, -0.25) is 4.79 Å². The van der Waals surface area contributed by atoms with Gasteiger partial charge in [0.15, 0.2) is 5.69 Å². The van der Waals surface area contributed by atoms with Crippen LogP contribution in [0.4, 0.5) is 0 Å². The molecular weight excluding hydrogens is 444 g/mol. The van der Waals surface area contributed by atoms with E-state index in [0.717, 1.165) is 70.5 Å². The van der Waals surface area contributed by atoms with E-state index in [-0.39, 0.29) is 35.7 Å². The molecular formula is C23H36N4O5S. The zero-order chi connectivity index (χ0) is 23.0. The van der Waals surface area contributed by atoms with Gasteiger partial charge in [-0.2, -0.15) is 4.31 Å². The van der Waals surface area contributed by atoms with Gasteiger partial charge in [-0.05, 0) is 70.4 Å². The molecule has 5 rings (SSSR count). The molecule has 3 saturated heterocycles. The second kappa shape index (κ2) is 9.64. The molecule has 3 atom stereocenters. The molecule has 3 aliphatic heterocycles. The van der Waals surface area contributed by atoms with Crippen LogP contribution < -0.4 is 5.32 Å². The van der Waals surface area contributed by atoms with Gasteiger partial charge in [0.25, 0.3) is 5.91 Å². The van der Waals surface area contributed by atoms with Crippen molar-refractivity contribution in [3.63, 3.8) is 0 Å². The van der Waals surface area contributed by atoms with Gasteiger partial charge in [-0.1, -0.05) is 5.16 Å². The Morgan fingerprint density at radius 1 is 1.15 bits per heavy atom. The molecule has 0 aromatic carbocycles. The van der Waals surface area contributed by atoms with E-state index in [0.29, 0.717) is 24.5 Å². The predicted molar refractivity (Wildman–Crippen MR) is 122 cm³/mol. The second-order valence-corrected chi connectivity index (χ2v) is 12.2. The number of ether oxygens (including phenoxy) is 1. The van der Waals surface area contributed by atoms with Crippen molar-refractivity contribution < 1.29 is 22.5 Å². The number of hydrogen-bond donors (Lipinski definition) is 1. The van der Waals surface area contributed by atoms with Crippen molar-refractivity contribution >= 4 is 15.9 Å². The maximum atomic E-state index is 13.4. The predicted octanol–water partition coefficient (Wildman–Crippen LogP) is 1.97. The summed E-state index contributed by atoms with van der Waals surface area (Å²) in [6.07, 6.45) is 7.13. The van der Waals surface area contributed by atoms with Crippen molar-refractivity contribution in [1.29, 1.82) is 0 Å². The van der Waals surface area contributed by atoms with Crippen molar-refractivity contribution in [3.8, 4) is 0 Å². The van der Waals surface area contributed by atoms with Gasteiger partial charge in [0, 0.05) is 43.8 Å². The fourth-order valence-electron chi connectivity index (χ4n) is 5.90. The summed E-state index contributed by atoms with van der Waals surface area (Å²) in [5.74, 6) is 1.47. The molecule has 9 nitrogen and oxygen atoms in total. The molecule has 4 aliphatic rings. The number of sulfonamides is 1. The van der Waals surface area contributed by atoms with Crippen LogP contribution in [0, 0.1) is 5.92 Å². The Bertz CT molecular complexity index is 924. The molecule has 33 heavy (non-hydrogen) atoms. The normalized spacial score (nSPS) is 29.4. The first-order valence-corrected chi connectivity index (χ1v) is 14.0. The molecule has 1 aliphatic carbocycles. The van der Waals surface area contributed by atoms with Crippen molar-refractivity contribution in [2.75, 3.05) is 39.1 Å². The van der Waals surface area contributed by atoms with E-state index >= 15 is 0 Å². The van der Waals surface area contributed by atoms with Crippen LogP contribution in [0.15, 0.2) is 10.6 Å². The Hall–Kier alpha value is -1.49. The van der Waals surface area contributed by atoms with Gasteiger partial charge >= 0.3 is 0 Å². The van der Waals surface area contributed by atoms with E-state index in [9.17, 15) is 13.2 Å². The standard InChI is InChI=1S/C23H36N4O5S/c1-31-11-10-26-8-6-16(7-9-26)15-33(29,30)27-19-4-5-20(27)13-18(12-19)24-23(28)21-14-22(32-25-21)17-2-3-17/h14,16-20H,2-13,15H2,1H3,(H,24,28)/t18?,19-,20+.